The van der Waals surface area contributed by atoms with Gasteiger partial charge < -0.3 is 0 Å². The summed E-state index contributed by atoms with van der Waals surface area (Å²) in [6.07, 6.45) is 6.31. The minimum Gasteiger partial charge on any atom is -0.262 e. The van der Waals surface area contributed by atoms with Gasteiger partial charge in [-0.25, -0.2) is 14.1 Å². The van der Waals surface area contributed by atoms with E-state index in [1.54, 1.807) is 6.21 Å². The zero-order valence-electron chi connectivity index (χ0n) is 18.6. The summed E-state index contributed by atoms with van der Waals surface area (Å²) >= 11 is 3.49. The van der Waals surface area contributed by atoms with Gasteiger partial charge in [-0.05, 0) is 41.7 Å². The number of benzene rings is 3. The molecule has 1 aliphatic carbocycles. The largest absolute Gasteiger partial charge is 0.330 e. The third-order valence-corrected chi connectivity index (χ3v) is 9.89. The molecule has 170 valence electrons. The molecular formula is C27H29BrN3OP. The fraction of sp³-hybridized carbons (Fsp3) is 0.296. The van der Waals surface area contributed by atoms with Crippen LogP contribution in [0.25, 0.3) is 0 Å². The molecule has 0 unspecified atom stereocenters. The highest BCUT2D eigenvalue weighted by Gasteiger charge is 2.55. The Labute approximate surface area is 205 Å². The van der Waals surface area contributed by atoms with E-state index in [4.69, 9.17) is 4.76 Å². The molecule has 4 nitrogen and oxygen atoms in total. The Hall–Kier alpha value is -2.04. The lowest BCUT2D eigenvalue weighted by Gasteiger charge is -2.31. The summed E-state index contributed by atoms with van der Waals surface area (Å²) in [5.74, 6) is 0. The molecule has 1 saturated heterocycles. The molecule has 6 heteroatoms. The van der Waals surface area contributed by atoms with Gasteiger partial charge in [0.15, 0.2) is 0 Å². The van der Waals surface area contributed by atoms with Crippen molar-refractivity contribution >= 4 is 29.7 Å². The Morgan fingerprint density at radius 3 is 1.76 bits per heavy atom. The second-order valence-electron chi connectivity index (χ2n) is 8.89. The van der Waals surface area contributed by atoms with Gasteiger partial charge in [0, 0.05) is 35.9 Å². The first-order valence-corrected chi connectivity index (χ1v) is 14.0. The van der Waals surface area contributed by atoms with E-state index in [1.807, 2.05) is 36.4 Å². The van der Waals surface area contributed by atoms with E-state index in [9.17, 15) is 4.57 Å². The van der Waals surface area contributed by atoms with Crippen LogP contribution in [0.2, 0.25) is 0 Å². The predicted molar refractivity (Wildman–Crippen MR) is 139 cm³/mol. The van der Waals surface area contributed by atoms with Crippen LogP contribution in [0.15, 0.2) is 94.2 Å². The number of rotatable bonds is 6. The van der Waals surface area contributed by atoms with Gasteiger partial charge in [-0.15, -0.1) is 0 Å². The number of hydrogen-bond acceptors (Lipinski definition) is 1. The molecule has 0 N–H and O–H groups in total. The quantitative estimate of drug-likeness (QED) is 0.252. The zero-order chi connectivity index (χ0) is 22.7. The fourth-order valence-electron chi connectivity index (χ4n) is 5.10. The van der Waals surface area contributed by atoms with Gasteiger partial charge in [0.2, 0.25) is 0 Å². The van der Waals surface area contributed by atoms with Crippen LogP contribution in [-0.4, -0.2) is 27.6 Å². The predicted octanol–water partition coefficient (Wildman–Crippen LogP) is 7.31. The van der Waals surface area contributed by atoms with Crippen molar-refractivity contribution in [2.45, 2.75) is 50.9 Å². The molecule has 5 rings (SSSR count). The summed E-state index contributed by atoms with van der Waals surface area (Å²) in [6, 6.07) is 29.3. The highest BCUT2D eigenvalue weighted by Crippen LogP contribution is 2.65. The Balaban J connectivity index is 1.55. The van der Waals surface area contributed by atoms with Crippen molar-refractivity contribution in [3.8, 4) is 0 Å². The topological polar surface area (TPSA) is 35.9 Å². The number of halogens is 1. The normalized spacial score (nSPS) is 23.1. The molecule has 3 aromatic rings. The van der Waals surface area contributed by atoms with Crippen molar-refractivity contribution in [1.82, 2.24) is 9.34 Å². The molecule has 1 aliphatic heterocycles. The summed E-state index contributed by atoms with van der Waals surface area (Å²) in [5, 5.41) is 0. The van der Waals surface area contributed by atoms with E-state index in [0.29, 0.717) is 13.1 Å². The van der Waals surface area contributed by atoms with E-state index in [-0.39, 0.29) is 12.1 Å². The molecule has 1 saturated carbocycles. The fourth-order valence-corrected chi connectivity index (χ4v) is 8.22. The average Bonchev–Trinajstić information content (AvgIpc) is 3.08. The average molecular weight is 522 g/mol. The van der Waals surface area contributed by atoms with Gasteiger partial charge in [0.1, 0.15) is 0 Å². The lowest BCUT2D eigenvalue weighted by molar-refractivity contribution is 0.197. The van der Waals surface area contributed by atoms with Gasteiger partial charge in [0.05, 0.1) is 0 Å². The van der Waals surface area contributed by atoms with Crippen molar-refractivity contribution in [2.75, 3.05) is 0 Å². The van der Waals surface area contributed by atoms with Crippen molar-refractivity contribution in [2.24, 2.45) is 4.76 Å². The van der Waals surface area contributed by atoms with Crippen LogP contribution in [0.3, 0.4) is 0 Å². The van der Waals surface area contributed by atoms with E-state index >= 15 is 0 Å². The molecule has 0 aromatic heterocycles. The van der Waals surface area contributed by atoms with Gasteiger partial charge in [-0.1, -0.05) is 102 Å². The first-order valence-electron chi connectivity index (χ1n) is 11.7. The molecule has 0 spiro atoms. The van der Waals surface area contributed by atoms with Gasteiger partial charge in [0.25, 0.3) is 0 Å². The summed E-state index contributed by atoms with van der Waals surface area (Å²) in [7, 11) is -3.18. The minimum absolute atomic E-state index is 0.260. The zero-order valence-corrected chi connectivity index (χ0v) is 21.1. The number of fused-ring (bicyclic) bond motifs is 1. The van der Waals surface area contributed by atoms with Crippen LogP contribution < -0.4 is 0 Å². The lowest BCUT2D eigenvalue weighted by atomic mass is 9.90. The van der Waals surface area contributed by atoms with Crippen LogP contribution >= 0.6 is 23.5 Å². The summed E-state index contributed by atoms with van der Waals surface area (Å²) in [4.78, 5) is 0. The van der Waals surface area contributed by atoms with Gasteiger partial charge >= 0.3 is 7.59 Å². The van der Waals surface area contributed by atoms with Crippen molar-refractivity contribution < 1.29 is 4.57 Å². The molecule has 3 aromatic carbocycles. The van der Waals surface area contributed by atoms with E-state index in [1.165, 1.54) is 24.0 Å². The standard InChI is InChI=1S/C27H29BrN3OP/c28-25-17-15-22(16-18-25)19-29-33(32)30(20-23-9-3-1-4-10-23)26-13-7-8-14-27(26)31(33)21-24-11-5-2-6-12-24/h1-6,9-12,15-19,26-27H,7-8,13-14,20-21H2/b29-19+/t26-,27-/m1/s1. The van der Waals surface area contributed by atoms with Gasteiger partial charge in [-0.2, -0.15) is 0 Å². The third-order valence-electron chi connectivity index (χ3n) is 6.73. The Morgan fingerprint density at radius 1 is 0.788 bits per heavy atom. The van der Waals surface area contributed by atoms with E-state index < -0.39 is 7.59 Å². The SMILES string of the molecule is O=P1(/N=C/c2ccc(Br)cc2)N(Cc2ccccc2)[C@@H]2CCCC[C@H]2N1Cc1ccccc1. The maximum atomic E-state index is 14.9. The number of hydrogen-bond donors (Lipinski definition) is 0. The van der Waals surface area contributed by atoms with Crippen molar-refractivity contribution in [3.63, 3.8) is 0 Å². The second kappa shape index (κ2) is 10.1. The Kier molecular flexibility index (Phi) is 6.94. The summed E-state index contributed by atoms with van der Waals surface area (Å²) in [6.45, 7) is 1.31. The summed E-state index contributed by atoms with van der Waals surface area (Å²) in [5.41, 5.74) is 3.33. The molecule has 2 atom stereocenters. The van der Waals surface area contributed by atoms with Gasteiger partial charge in [-0.3, -0.25) is 4.57 Å². The Morgan fingerprint density at radius 2 is 1.27 bits per heavy atom. The first kappa shape index (κ1) is 22.7. The maximum Gasteiger partial charge on any atom is 0.330 e. The van der Waals surface area contributed by atoms with Crippen LogP contribution in [0, 0.1) is 0 Å². The maximum absolute atomic E-state index is 14.9. The smallest absolute Gasteiger partial charge is 0.262 e. The molecule has 0 bridgehead atoms. The lowest BCUT2D eigenvalue weighted by Crippen LogP contribution is -2.39. The highest BCUT2D eigenvalue weighted by atomic mass is 79.9. The molecule has 0 amide bonds. The first-order chi connectivity index (χ1) is 16.1. The molecular weight excluding hydrogens is 493 g/mol. The number of nitrogens with zero attached hydrogens (tertiary/aromatic N) is 3. The molecule has 1 heterocycles. The Bertz CT molecular complexity index is 1080. The van der Waals surface area contributed by atoms with Crippen LogP contribution in [0.4, 0.5) is 0 Å². The highest BCUT2D eigenvalue weighted by molar-refractivity contribution is 9.10. The molecule has 2 fully saturated rings. The van der Waals surface area contributed by atoms with Crippen LogP contribution in [0.1, 0.15) is 42.4 Å². The second-order valence-corrected chi connectivity index (χ2v) is 12.1. The van der Waals surface area contributed by atoms with E-state index in [0.717, 1.165) is 22.9 Å². The van der Waals surface area contributed by atoms with Crippen molar-refractivity contribution in [3.05, 3.63) is 106 Å². The van der Waals surface area contributed by atoms with Crippen LogP contribution in [0.5, 0.6) is 0 Å². The van der Waals surface area contributed by atoms with Crippen LogP contribution in [-0.2, 0) is 17.7 Å². The van der Waals surface area contributed by atoms with E-state index in [2.05, 4.69) is 73.8 Å². The molecule has 0 radical (unpaired) electrons. The monoisotopic (exact) mass is 521 g/mol. The third kappa shape index (κ3) is 4.93. The minimum atomic E-state index is -3.18. The summed E-state index contributed by atoms with van der Waals surface area (Å²) < 4.78 is 25.3. The molecule has 2 aliphatic rings. The van der Waals surface area contributed by atoms with Crippen molar-refractivity contribution in [1.29, 1.82) is 0 Å². The molecule has 33 heavy (non-hydrogen) atoms.